The van der Waals surface area contributed by atoms with Gasteiger partial charge in [0.1, 0.15) is 0 Å². The summed E-state index contributed by atoms with van der Waals surface area (Å²) >= 11 is 0. The number of morpholine rings is 1. The van der Waals surface area contributed by atoms with E-state index in [1.54, 1.807) is 31.6 Å². The van der Waals surface area contributed by atoms with Crippen molar-refractivity contribution in [3.8, 4) is 11.4 Å². The lowest BCUT2D eigenvalue weighted by molar-refractivity contribution is 0.0299. The van der Waals surface area contributed by atoms with Crippen LogP contribution in [0.4, 0.5) is 28.1 Å². The van der Waals surface area contributed by atoms with Crippen LogP contribution < -0.4 is 20.9 Å². The molecule has 11 heteroatoms. The van der Waals surface area contributed by atoms with Crippen molar-refractivity contribution in [3.63, 3.8) is 0 Å². The number of nitrogens with zero attached hydrogens (tertiary/aromatic N) is 5. The molecule has 2 aliphatic heterocycles. The molecule has 3 N–H and O–H groups in total. The van der Waals surface area contributed by atoms with Crippen LogP contribution in [-0.2, 0) is 9.47 Å². The maximum absolute atomic E-state index is 12.3. The van der Waals surface area contributed by atoms with E-state index in [4.69, 9.17) is 14.5 Å². The monoisotopic (exact) mass is 476 g/mol. The molecule has 0 aliphatic carbocycles. The van der Waals surface area contributed by atoms with E-state index in [2.05, 4.69) is 35.8 Å². The van der Waals surface area contributed by atoms with Crippen molar-refractivity contribution < 1.29 is 14.3 Å². The van der Waals surface area contributed by atoms with Crippen LogP contribution in [0.5, 0.6) is 0 Å². The highest BCUT2D eigenvalue weighted by molar-refractivity contribution is 5.99. The third-order valence-corrected chi connectivity index (χ3v) is 5.86. The molecule has 1 aromatic carbocycles. The van der Waals surface area contributed by atoms with E-state index in [-0.39, 0.29) is 18.2 Å². The van der Waals surface area contributed by atoms with E-state index in [1.807, 2.05) is 24.3 Å². The van der Waals surface area contributed by atoms with Gasteiger partial charge < -0.3 is 30.3 Å². The summed E-state index contributed by atoms with van der Waals surface area (Å²) in [5.74, 6) is 1.69. The molecule has 3 aromatic rings. The number of pyridine rings is 1. The smallest absolute Gasteiger partial charge is 0.323 e. The van der Waals surface area contributed by atoms with Gasteiger partial charge in [0, 0.05) is 44.2 Å². The number of methoxy groups -OCH3 is 1. The van der Waals surface area contributed by atoms with Gasteiger partial charge in [-0.1, -0.05) is 0 Å². The summed E-state index contributed by atoms with van der Waals surface area (Å²) in [6, 6.07) is 10.6. The molecule has 0 saturated carbocycles. The Balaban J connectivity index is 1.32. The first-order valence-electron chi connectivity index (χ1n) is 11.6. The highest BCUT2D eigenvalue weighted by Gasteiger charge is 2.35. The molecule has 2 saturated heterocycles. The molecule has 5 rings (SSSR count). The van der Waals surface area contributed by atoms with Crippen molar-refractivity contribution in [2.24, 2.45) is 0 Å². The minimum absolute atomic E-state index is 0.224. The predicted octanol–water partition coefficient (Wildman–Crippen LogP) is 3.00. The molecule has 2 bridgehead atoms. The van der Waals surface area contributed by atoms with Gasteiger partial charge in [0.25, 0.3) is 0 Å². The second kappa shape index (κ2) is 10.6. The number of rotatable bonds is 8. The minimum Gasteiger partial charge on any atom is -0.383 e. The molecule has 0 radical (unpaired) electrons. The Morgan fingerprint density at radius 3 is 2.54 bits per heavy atom. The normalized spacial score (nSPS) is 18.8. The van der Waals surface area contributed by atoms with Crippen molar-refractivity contribution >= 4 is 29.3 Å². The molecule has 2 amide bonds. The van der Waals surface area contributed by atoms with Gasteiger partial charge in [0.05, 0.1) is 30.7 Å². The molecule has 2 unspecified atom stereocenters. The van der Waals surface area contributed by atoms with E-state index in [0.717, 1.165) is 31.5 Å². The first-order valence-corrected chi connectivity index (χ1v) is 11.6. The number of benzene rings is 1. The SMILES string of the molecule is COCCNc1nc(-c2ccc(NC(=O)Nc3cccnc3)cc2)nc(N2CC3CCC(C2)O3)n1. The predicted molar refractivity (Wildman–Crippen MR) is 133 cm³/mol. The topological polar surface area (TPSA) is 126 Å². The zero-order valence-corrected chi connectivity index (χ0v) is 19.5. The molecular formula is C24H28N8O3. The Morgan fingerprint density at radius 2 is 1.83 bits per heavy atom. The van der Waals surface area contributed by atoms with Crippen LogP contribution in [0.3, 0.4) is 0 Å². The lowest BCUT2D eigenvalue weighted by Crippen LogP contribution is -2.43. The number of urea groups is 1. The summed E-state index contributed by atoms with van der Waals surface area (Å²) in [5, 5.41) is 8.78. The van der Waals surface area contributed by atoms with Gasteiger partial charge in [-0.15, -0.1) is 0 Å². The zero-order valence-electron chi connectivity index (χ0n) is 19.5. The molecule has 0 spiro atoms. The van der Waals surface area contributed by atoms with Gasteiger partial charge in [-0.3, -0.25) is 4.98 Å². The van der Waals surface area contributed by atoms with Crippen LogP contribution in [0.15, 0.2) is 48.8 Å². The summed E-state index contributed by atoms with van der Waals surface area (Å²) in [6.45, 7) is 2.67. The number of fused-ring (bicyclic) bond motifs is 2. The fourth-order valence-corrected chi connectivity index (χ4v) is 4.19. The second-order valence-electron chi connectivity index (χ2n) is 8.46. The van der Waals surface area contributed by atoms with Gasteiger partial charge in [-0.2, -0.15) is 15.0 Å². The number of carbonyl (C=O) groups excluding carboxylic acids is 1. The minimum atomic E-state index is -0.347. The van der Waals surface area contributed by atoms with E-state index < -0.39 is 0 Å². The molecule has 2 fully saturated rings. The number of hydrogen-bond donors (Lipinski definition) is 3. The fraction of sp³-hybridized carbons (Fsp3) is 0.375. The van der Waals surface area contributed by atoms with Crippen molar-refractivity contribution in [1.82, 2.24) is 19.9 Å². The summed E-state index contributed by atoms with van der Waals surface area (Å²) in [5.41, 5.74) is 2.08. The number of amides is 2. The van der Waals surface area contributed by atoms with Crippen LogP contribution in [0.25, 0.3) is 11.4 Å². The highest BCUT2D eigenvalue weighted by Crippen LogP contribution is 2.29. The molecule has 2 atom stereocenters. The Labute approximate surface area is 203 Å². The lowest BCUT2D eigenvalue weighted by atomic mass is 10.2. The van der Waals surface area contributed by atoms with Crippen molar-refractivity contribution in [2.75, 3.05) is 54.2 Å². The van der Waals surface area contributed by atoms with E-state index in [1.165, 1.54) is 0 Å². The Kier molecular flexibility index (Phi) is 6.96. The maximum Gasteiger partial charge on any atom is 0.323 e. The summed E-state index contributed by atoms with van der Waals surface area (Å²) in [6.07, 6.45) is 5.82. The van der Waals surface area contributed by atoms with Gasteiger partial charge in [-0.25, -0.2) is 4.79 Å². The van der Waals surface area contributed by atoms with Crippen LogP contribution in [-0.4, -0.2) is 71.5 Å². The van der Waals surface area contributed by atoms with Gasteiger partial charge in [-0.05, 0) is 49.2 Å². The quantitative estimate of drug-likeness (QED) is 0.421. The molecule has 182 valence electrons. The summed E-state index contributed by atoms with van der Waals surface area (Å²) in [4.78, 5) is 32.5. The summed E-state index contributed by atoms with van der Waals surface area (Å²) < 4.78 is 11.1. The fourth-order valence-electron chi connectivity index (χ4n) is 4.19. The number of anilines is 4. The first kappa shape index (κ1) is 22.9. The lowest BCUT2D eigenvalue weighted by Gasteiger charge is -2.32. The van der Waals surface area contributed by atoms with Gasteiger partial charge in [0.2, 0.25) is 11.9 Å². The van der Waals surface area contributed by atoms with Crippen LogP contribution in [0.2, 0.25) is 0 Å². The van der Waals surface area contributed by atoms with Crippen molar-refractivity contribution in [2.45, 2.75) is 25.0 Å². The molecular weight excluding hydrogens is 448 g/mol. The number of aromatic nitrogens is 4. The standard InChI is InChI=1S/C24H28N8O3/c1-34-12-11-26-22-29-21(30-23(31-22)32-14-19-8-9-20(15-32)35-19)16-4-6-17(7-5-16)27-24(33)28-18-3-2-10-25-13-18/h2-7,10,13,19-20H,8-9,11-12,14-15H2,1H3,(H2,27,28,33)(H,26,29,30,31). The number of nitrogens with one attached hydrogen (secondary N) is 3. The van der Waals surface area contributed by atoms with Crippen LogP contribution in [0, 0.1) is 0 Å². The molecule has 2 aromatic heterocycles. The first-order chi connectivity index (χ1) is 17.2. The molecule has 2 aliphatic rings. The van der Waals surface area contributed by atoms with E-state index in [0.29, 0.717) is 42.2 Å². The molecule has 35 heavy (non-hydrogen) atoms. The van der Waals surface area contributed by atoms with E-state index >= 15 is 0 Å². The number of carbonyl (C=O) groups is 1. The van der Waals surface area contributed by atoms with Gasteiger partial charge in [0.15, 0.2) is 5.82 Å². The summed E-state index contributed by atoms with van der Waals surface area (Å²) in [7, 11) is 1.65. The molecule has 4 heterocycles. The average molecular weight is 477 g/mol. The largest absolute Gasteiger partial charge is 0.383 e. The second-order valence-corrected chi connectivity index (χ2v) is 8.46. The van der Waals surface area contributed by atoms with Crippen LogP contribution in [0.1, 0.15) is 12.8 Å². The van der Waals surface area contributed by atoms with E-state index in [9.17, 15) is 4.79 Å². The zero-order chi connectivity index (χ0) is 24.0. The average Bonchev–Trinajstić information content (AvgIpc) is 3.22. The van der Waals surface area contributed by atoms with Crippen molar-refractivity contribution in [3.05, 3.63) is 48.8 Å². The van der Waals surface area contributed by atoms with Crippen molar-refractivity contribution in [1.29, 1.82) is 0 Å². The Bertz CT molecular complexity index is 1130. The molecule has 11 nitrogen and oxygen atoms in total. The Hall–Kier alpha value is -3.83. The maximum atomic E-state index is 12.3. The highest BCUT2D eigenvalue weighted by atomic mass is 16.5. The third-order valence-electron chi connectivity index (χ3n) is 5.86. The number of hydrogen-bond acceptors (Lipinski definition) is 9. The van der Waals surface area contributed by atoms with Gasteiger partial charge >= 0.3 is 6.03 Å². The Morgan fingerprint density at radius 1 is 1.06 bits per heavy atom. The third kappa shape index (κ3) is 5.81. The van der Waals surface area contributed by atoms with Crippen LogP contribution >= 0.6 is 0 Å². The number of ether oxygens (including phenoxy) is 2.